The minimum Gasteiger partial charge on any atom is -0.325 e. The summed E-state index contributed by atoms with van der Waals surface area (Å²) in [4.78, 5) is 17.3. The zero-order chi connectivity index (χ0) is 24.2. The Bertz CT molecular complexity index is 1460. The summed E-state index contributed by atoms with van der Waals surface area (Å²) in [5.41, 5.74) is 5.31. The number of nitrogens with zero attached hydrogens (tertiary/aromatic N) is 4. The number of aryl methyl sites for hydroxylation is 3. The van der Waals surface area contributed by atoms with Crippen molar-refractivity contribution in [3.05, 3.63) is 89.7 Å². The van der Waals surface area contributed by atoms with E-state index >= 15 is 0 Å². The first kappa shape index (κ1) is 23.3. The molecule has 0 aliphatic rings. The van der Waals surface area contributed by atoms with E-state index in [4.69, 9.17) is 4.98 Å². The molecule has 0 saturated carbocycles. The molecule has 0 aliphatic heterocycles. The van der Waals surface area contributed by atoms with Crippen molar-refractivity contribution in [3.63, 3.8) is 0 Å². The molecule has 5 aromatic rings. The molecule has 1 amide bonds. The third kappa shape index (κ3) is 5.61. The molecule has 8 heteroatoms. The van der Waals surface area contributed by atoms with E-state index in [1.165, 1.54) is 27.6 Å². The quantitative estimate of drug-likeness (QED) is 0.269. The molecule has 0 unspecified atom stereocenters. The van der Waals surface area contributed by atoms with Crippen LogP contribution in [-0.2, 0) is 24.7 Å². The number of carbonyl (C=O) groups excluding carboxylic acids is 1. The molecule has 0 fully saturated rings. The number of hydrogen-bond acceptors (Lipinski definition) is 6. The lowest BCUT2D eigenvalue weighted by molar-refractivity contribution is -0.113. The number of thioether (sulfide) groups is 1. The second kappa shape index (κ2) is 10.4. The molecule has 0 atom stereocenters. The number of rotatable bonds is 8. The minimum absolute atomic E-state index is 0.0768. The maximum atomic E-state index is 12.5. The van der Waals surface area contributed by atoms with Crippen LogP contribution in [0.3, 0.4) is 0 Å². The number of thiazole rings is 1. The van der Waals surface area contributed by atoms with Crippen molar-refractivity contribution in [1.82, 2.24) is 19.7 Å². The topological polar surface area (TPSA) is 72.7 Å². The van der Waals surface area contributed by atoms with Gasteiger partial charge in [-0.15, -0.1) is 21.5 Å². The largest absolute Gasteiger partial charge is 0.325 e. The monoisotopic (exact) mass is 499 g/mol. The van der Waals surface area contributed by atoms with Gasteiger partial charge in [0.25, 0.3) is 0 Å². The van der Waals surface area contributed by atoms with Crippen LogP contribution in [0.4, 0.5) is 5.69 Å². The van der Waals surface area contributed by atoms with Crippen molar-refractivity contribution in [2.45, 2.75) is 24.9 Å². The molecule has 0 saturated heterocycles. The molecule has 0 aliphatic carbocycles. The average Bonchev–Trinajstić information content (AvgIpc) is 3.45. The third-order valence-corrected chi connectivity index (χ3v) is 7.78. The lowest BCUT2D eigenvalue weighted by atomic mass is 10.1. The summed E-state index contributed by atoms with van der Waals surface area (Å²) in [5, 5.41) is 13.3. The highest BCUT2D eigenvalue weighted by Crippen LogP contribution is 2.31. The van der Waals surface area contributed by atoms with Gasteiger partial charge in [-0.3, -0.25) is 4.79 Å². The minimum atomic E-state index is -0.0768. The molecule has 5 rings (SSSR count). The lowest BCUT2D eigenvalue weighted by Crippen LogP contribution is -2.14. The summed E-state index contributed by atoms with van der Waals surface area (Å²) in [6.45, 7) is 2.09. The first-order valence-electron chi connectivity index (χ1n) is 11.4. The molecule has 6 nitrogen and oxygen atoms in total. The van der Waals surface area contributed by atoms with Crippen molar-refractivity contribution in [3.8, 4) is 10.6 Å². The summed E-state index contributed by atoms with van der Waals surface area (Å²) in [7, 11) is 1.95. The van der Waals surface area contributed by atoms with E-state index in [1.54, 1.807) is 11.3 Å². The fourth-order valence-electron chi connectivity index (χ4n) is 3.77. The Morgan fingerprint density at radius 2 is 1.80 bits per heavy atom. The van der Waals surface area contributed by atoms with Gasteiger partial charge in [-0.05, 0) is 60.9 Å². The summed E-state index contributed by atoms with van der Waals surface area (Å²) in [6.07, 6.45) is 1.71. The summed E-state index contributed by atoms with van der Waals surface area (Å²) in [6, 6.07) is 24.4. The Kier molecular flexibility index (Phi) is 6.92. The Morgan fingerprint density at radius 3 is 2.60 bits per heavy atom. The summed E-state index contributed by atoms with van der Waals surface area (Å²) >= 11 is 3.07. The number of carbonyl (C=O) groups is 1. The van der Waals surface area contributed by atoms with E-state index in [0.717, 1.165) is 45.6 Å². The van der Waals surface area contributed by atoms with E-state index < -0.39 is 0 Å². The summed E-state index contributed by atoms with van der Waals surface area (Å²) in [5.74, 6) is 1.10. The number of fused-ring (bicyclic) bond motifs is 1. The van der Waals surface area contributed by atoms with E-state index in [1.807, 2.05) is 54.1 Å². The molecule has 3 aromatic carbocycles. The fourth-order valence-corrected chi connectivity index (χ4v) is 5.57. The maximum absolute atomic E-state index is 12.5. The van der Waals surface area contributed by atoms with Gasteiger partial charge in [0.2, 0.25) is 5.91 Å². The highest BCUT2D eigenvalue weighted by atomic mass is 32.2. The van der Waals surface area contributed by atoms with Gasteiger partial charge in [0, 0.05) is 24.7 Å². The van der Waals surface area contributed by atoms with E-state index in [0.29, 0.717) is 0 Å². The molecular weight excluding hydrogens is 474 g/mol. The first-order valence-corrected chi connectivity index (χ1v) is 13.2. The Morgan fingerprint density at radius 1 is 1.00 bits per heavy atom. The maximum Gasteiger partial charge on any atom is 0.234 e. The van der Waals surface area contributed by atoms with E-state index in [-0.39, 0.29) is 11.7 Å². The fraction of sp³-hybridized carbons (Fsp3) is 0.185. The summed E-state index contributed by atoms with van der Waals surface area (Å²) < 4.78 is 3.15. The van der Waals surface area contributed by atoms with Crippen LogP contribution < -0.4 is 5.32 Å². The van der Waals surface area contributed by atoms with Gasteiger partial charge in [0.05, 0.1) is 16.0 Å². The lowest BCUT2D eigenvalue weighted by Gasteiger charge is -2.06. The van der Waals surface area contributed by atoms with Gasteiger partial charge in [-0.1, -0.05) is 48.2 Å². The Labute approximate surface area is 212 Å². The molecule has 1 N–H and O–H groups in total. The van der Waals surface area contributed by atoms with Gasteiger partial charge >= 0.3 is 0 Å². The van der Waals surface area contributed by atoms with Crippen LogP contribution in [0, 0.1) is 6.92 Å². The zero-order valence-corrected chi connectivity index (χ0v) is 21.2. The predicted octanol–water partition coefficient (Wildman–Crippen LogP) is 5.92. The molecule has 2 aromatic heterocycles. The predicted molar refractivity (Wildman–Crippen MR) is 144 cm³/mol. The van der Waals surface area contributed by atoms with Crippen molar-refractivity contribution < 1.29 is 4.79 Å². The highest BCUT2D eigenvalue weighted by molar-refractivity contribution is 7.99. The molecule has 0 spiro atoms. The molecule has 0 bridgehead atoms. The van der Waals surface area contributed by atoms with Crippen LogP contribution >= 0.6 is 23.1 Å². The molecule has 0 radical (unpaired) electrons. The van der Waals surface area contributed by atoms with Crippen molar-refractivity contribution >= 4 is 44.9 Å². The third-order valence-electron chi connectivity index (χ3n) is 5.70. The highest BCUT2D eigenvalue weighted by Gasteiger charge is 2.12. The van der Waals surface area contributed by atoms with Gasteiger partial charge in [0.1, 0.15) is 10.8 Å². The van der Waals surface area contributed by atoms with Crippen molar-refractivity contribution in [2.24, 2.45) is 7.05 Å². The Hall–Kier alpha value is -3.49. The van der Waals surface area contributed by atoms with E-state index in [9.17, 15) is 4.79 Å². The van der Waals surface area contributed by atoms with Crippen LogP contribution in [0.1, 0.15) is 17.0 Å². The number of nitrogens with one attached hydrogen (secondary N) is 1. The van der Waals surface area contributed by atoms with Crippen LogP contribution in [0.2, 0.25) is 0 Å². The van der Waals surface area contributed by atoms with Crippen molar-refractivity contribution in [1.29, 1.82) is 0 Å². The number of anilines is 1. The standard InChI is InChI=1S/C27H25N5OS2/c1-18-8-14-22-23(16-18)35-26(29-22)20-10-12-21(13-11-20)28-25(33)17-34-27-31-30-24(32(27)2)15-9-19-6-4-3-5-7-19/h3-8,10-14,16H,9,15,17H2,1-2H3,(H,28,33). The van der Waals surface area contributed by atoms with Crippen LogP contribution in [0.5, 0.6) is 0 Å². The second-order valence-electron chi connectivity index (χ2n) is 8.35. The second-order valence-corrected chi connectivity index (χ2v) is 10.3. The van der Waals surface area contributed by atoms with Gasteiger partial charge in [-0.2, -0.15) is 0 Å². The van der Waals surface area contributed by atoms with Crippen molar-refractivity contribution in [2.75, 3.05) is 11.1 Å². The molecule has 2 heterocycles. The van der Waals surface area contributed by atoms with Crippen LogP contribution in [0.25, 0.3) is 20.8 Å². The number of aromatic nitrogens is 4. The molecule has 35 heavy (non-hydrogen) atoms. The van der Waals surface area contributed by atoms with E-state index in [2.05, 4.69) is 52.8 Å². The average molecular weight is 500 g/mol. The van der Waals surface area contributed by atoms with Crippen LogP contribution in [0.15, 0.2) is 78.0 Å². The number of benzene rings is 3. The Balaban J connectivity index is 1.15. The normalized spacial score (nSPS) is 11.1. The number of amides is 1. The van der Waals surface area contributed by atoms with Gasteiger partial charge in [-0.25, -0.2) is 4.98 Å². The zero-order valence-electron chi connectivity index (χ0n) is 19.6. The SMILES string of the molecule is Cc1ccc2nc(-c3ccc(NC(=O)CSc4nnc(CCc5ccccc5)n4C)cc3)sc2c1. The van der Waals surface area contributed by atoms with Gasteiger partial charge in [0.15, 0.2) is 5.16 Å². The molecular formula is C27H25N5OS2. The van der Waals surface area contributed by atoms with Crippen LogP contribution in [-0.4, -0.2) is 31.4 Å². The molecule has 176 valence electrons. The first-order chi connectivity index (χ1) is 17.0. The number of hydrogen-bond donors (Lipinski definition) is 1. The smallest absolute Gasteiger partial charge is 0.234 e. The van der Waals surface area contributed by atoms with Gasteiger partial charge < -0.3 is 9.88 Å².